The van der Waals surface area contributed by atoms with Crippen LogP contribution in [-0.2, 0) is 39.9 Å². The topological polar surface area (TPSA) is 190 Å². The molecular formula is C39H50ClN7O8. The van der Waals surface area contributed by atoms with Crippen molar-refractivity contribution in [1.29, 1.82) is 0 Å². The van der Waals surface area contributed by atoms with Crippen LogP contribution in [0.15, 0.2) is 54.6 Å². The molecule has 0 bridgehead atoms. The van der Waals surface area contributed by atoms with Gasteiger partial charge in [0.05, 0.1) is 6.04 Å². The number of halogens is 1. The number of cyclic esters (lactones) is 1. The SMILES string of the molecule is C[C@@H]1C[C@H]2C(=O)OC[C@H](NC(=O)[C@H](Cc3ccccc3)NC(O)Nc3cccc(Cl)c3)C(=O)N3CCC[C@H]3C(=O)N3CCCC[C@H]3C(=O)N[C@@H](C)C(=O)N2C1. The molecule has 0 aliphatic carbocycles. The predicted octanol–water partition coefficient (Wildman–Crippen LogP) is 1.38. The first-order valence-electron chi connectivity index (χ1n) is 19.1. The molecule has 8 atom stereocenters. The number of carbonyl (C=O) groups is 6. The minimum atomic E-state index is -1.42. The molecule has 1 unspecified atom stereocenters. The van der Waals surface area contributed by atoms with Gasteiger partial charge >= 0.3 is 5.97 Å². The van der Waals surface area contributed by atoms with Crippen molar-refractivity contribution in [3.8, 4) is 0 Å². The lowest BCUT2D eigenvalue weighted by Gasteiger charge is -2.39. The first kappa shape index (κ1) is 39.9. The third-order valence-corrected chi connectivity index (χ3v) is 11.0. The summed E-state index contributed by atoms with van der Waals surface area (Å²) in [7, 11) is 0. The summed E-state index contributed by atoms with van der Waals surface area (Å²) in [5.74, 6) is -3.39. The Labute approximate surface area is 325 Å². The van der Waals surface area contributed by atoms with Crippen molar-refractivity contribution in [2.24, 2.45) is 5.92 Å². The molecule has 0 spiro atoms. The Balaban J connectivity index is 1.29. The molecule has 0 aromatic heterocycles. The van der Waals surface area contributed by atoms with Crippen LogP contribution >= 0.6 is 11.6 Å². The zero-order valence-electron chi connectivity index (χ0n) is 31.1. The lowest BCUT2D eigenvalue weighted by atomic mass is 9.99. The van der Waals surface area contributed by atoms with Gasteiger partial charge in [-0.05, 0) is 81.5 Å². The first-order chi connectivity index (χ1) is 26.4. The van der Waals surface area contributed by atoms with Gasteiger partial charge in [0, 0.05) is 30.3 Å². The average molecular weight is 780 g/mol. The fourth-order valence-corrected chi connectivity index (χ4v) is 8.22. The van der Waals surface area contributed by atoms with Crippen molar-refractivity contribution < 1.29 is 38.6 Å². The number of nitrogens with one attached hydrogen (secondary N) is 4. The molecule has 4 heterocycles. The van der Waals surface area contributed by atoms with Gasteiger partial charge in [0.25, 0.3) is 0 Å². The Morgan fingerprint density at radius 2 is 1.62 bits per heavy atom. The van der Waals surface area contributed by atoms with Crippen molar-refractivity contribution in [3.63, 3.8) is 0 Å². The number of ether oxygens (including phenoxy) is 1. The van der Waals surface area contributed by atoms with E-state index in [1.807, 2.05) is 37.3 Å². The van der Waals surface area contributed by atoms with E-state index in [4.69, 9.17) is 16.3 Å². The molecule has 296 valence electrons. The van der Waals surface area contributed by atoms with E-state index in [0.717, 1.165) is 5.56 Å². The van der Waals surface area contributed by atoms with Crippen LogP contribution in [0.1, 0.15) is 57.9 Å². The highest BCUT2D eigenvalue weighted by atomic mass is 35.5. The molecule has 5 N–H and O–H groups in total. The molecule has 4 saturated heterocycles. The normalized spacial score (nSPS) is 27.7. The Hall–Kier alpha value is -4.73. The first-order valence-corrected chi connectivity index (χ1v) is 19.5. The van der Waals surface area contributed by atoms with Gasteiger partial charge in [-0.2, -0.15) is 0 Å². The van der Waals surface area contributed by atoms with Crippen LogP contribution in [0.4, 0.5) is 5.69 Å². The van der Waals surface area contributed by atoms with E-state index in [1.165, 1.54) is 14.7 Å². The van der Waals surface area contributed by atoms with Crippen LogP contribution in [0.3, 0.4) is 0 Å². The number of anilines is 1. The lowest BCUT2D eigenvalue weighted by Crippen LogP contribution is -2.62. The van der Waals surface area contributed by atoms with Crippen molar-refractivity contribution in [1.82, 2.24) is 30.7 Å². The number of rotatable bonds is 8. The van der Waals surface area contributed by atoms with Crippen LogP contribution in [0.5, 0.6) is 0 Å². The summed E-state index contributed by atoms with van der Waals surface area (Å²) in [6.07, 6.45) is 1.66. The zero-order chi connectivity index (χ0) is 39.2. The molecule has 16 heteroatoms. The minimum Gasteiger partial charge on any atom is -0.461 e. The Bertz CT molecular complexity index is 1750. The summed E-state index contributed by atoms with van der Waals surface area (Å²) in [4.78, 5) is 88.3. The number of hydrogen-bond acceptors (Lipinski definition) is 10. The maximum atomic E-state index is 14.5. The van der Waals surface area contributed by atoms with Crippen LogP contribution in [0.2, 0.25) is 5.02 Å². The van der Waals surface area contributed by atoms with E-state index >= 15 is 0 Å². The monoisotopic (exact) mass is 779 g/mol. The number of esters is 1. The molecule has 2 aromatic carbocycles. The van der Waals surface area contributed by atoms with E-state index in [0.29, 0.717) is 55.8 Å². The Morgan fingerprint density at radius 3 is 2.38 bits per heavy atom. The molecule has 4 fully saturated rings. The summed E-state index contributed by atoms with van der Waals surface area (Å²) >= 11 is 6.12. The fraction of sp³-hybridized carbons (Fsp3) is 0.538. The second-order valence-electron chi connectivity index (χ2n) is 15.0. The summed E-state index contributed by atoms with van der Waals surface area (Å²) in [6.45, 7) is 3.70. The van der Waals surface area contributed by atoms with Gasteiger partial charge in [-0.3, -0.25) is 29.3 Å². The van der Waals surface area contributed by atoms with Gasteiger partial charge in [0.15, 0.2) is 6.35 Å². The molecule has 4 aliphatic rings. The number of aliphatic hydroxyl groups is 1. The number of piperidine rings is 1. The van der Waals surface area contributed by atoms with Crippen molar-refractivity contribution in [2.75, 3.05) is 31.6 Å². The number of amides is 5. The summed E-state index contributed by atoms with van der Waals surface area (Å²) in [5, 5.41) is 22.8. The molecule has 0 radical (unpaired) electrons. The average Bonchev–Trinajstić information content (AvgIpc) is 3.82. The van der Waals surface area contributed by atoms with Gasteiger partial charge in [-0.1, -0.05) is 54.9 Å². The molecule has 55 heavy (non-hydrogen) atoms. The fourth-order valence-electron chi connectivity index (χ4n) is 8.03. The summed E-state index contributed by atoms with van der Waals surface area (Å²) < 4.78 is 5.75. The minimum absolute atomic E-state index is 0.0443. The number of fused-ring (bicyclic) bond motifs is 3. The lowest BCUT2D eigenvalue weighted by molar-refractivity contribution is -0.158. The van der Waals surface area contributed by atoms with E-state index < -0.39 is 78.8 Å². The Kier molecular flexibility index (Phi) is 12.9. The van der Waals surface area contributed by atoms with Crippen LogP contribution in [-0.4, -0.2) is 124 Å². The third kappa shape index (κ3) is 9.57. The molecule has 0 saturated carbocycles. The maximum absolute atomic E-state index is 14.5. The number of carbonyl (C=O) groups excluding carboxylic acids is 6. The van der Waals surface area contributed by atoms with Crippen molar-refractivity contribution in [2.45, 2.75) is 101 Å². The van der Waals surface area contributed by atoms with Crippen LogP contribution in [0, 0.1) is 5.92 Å². The predicted molar refractivity (Wildman–Crippen MR) is 202 cm³/mol. The molecule has 5 amide bonds. The third-order valence-electron chi connectivity index (χ3n) is 10.8. The molecule has 6 rings (SSSR count). The van der Waals surface area contributed by atoms with Gasteiger partial charge < -0.3 is 40.5 Å². The van der Waals surface area contributed by atoms with E-state index in [2.05, 4.69) is 21.3 Å². The highest BCUT2D eigenvalue weighted by Crippen LogP contribution is 2.28. The van der Waals surface area contributed by atoms with Crippen molar-refractivity contribution in [3.05, 3.63) is 65.2 Å². The van der Waals surface area contributed by atoms with Gasteiger partial charge in [-0.15, -0.1) is 0 Å². The van der Waals surface area contributed by atoms with Gasteiger partial charge in [0.1, 0.15) is 36.8 Å². The molecule has 15 nitrogen and oxygen atoms in total. The quantitative estimate of drug-likeness (QED) is 0.194. The van der Waals surface area contributed by atoms with E-state index in [1.54, 1.807) is 31.2 Å². The van der Waals surface area contributed by atoms with Crippen LogP contribution in [0.25, 0.3) is 0 Å². The molecule has 4 aliphatic heterocycles. The van der Waals surface area contributed by atoms with Gasteiger partial charge in [0.2, 0.25) is 29.5 Å². The molecule has 2 aromatic rings. The van der Waals surface area contributed by atoms with Crippen LogP contribution < -0.4 is 21.3 Å². The largest absolute Gasteiger partial charge is 0.461 e. The smallest absolute Gasteiger partial charge is 0.328 e. The summed E-state index contributed by atoms with van der Waals surface area (Å²) in [6, 6.07) is 9.62. The maximum Gasteiger partial charge on any atom is 0.328 e. The zero-order valence-corrected chi connectivity index (χ0v) is 31.9. The number of nitrogens with zero attached hydrogens (tertiary/aromatic N) is 3. The second kappa shape index (κ2) is 17.8. The number of benzene rings is 2. The highest BCUT2D eigenvalue weighted by Gasteiger charge is 2.46. The van der Waals surface area contributed by atoms with Crippen molar-refractivity contribution >= 4 is 52.8 Å². The second-order valence-corrected chi connectivity index (χ2v) is 15.4. The highest BCUT2D eigenvalue weighted by molar-refractivity contribution is 6.30. The Morgan fingerprint density at radius 1 is 0.891 bits per heavy atom. The van der Waals surface area contributed by atoms with E-state index in [-0.39, 0.29) is 31.3 Å². The number of hydrogen-bond donors (Lipinski definition) is 5. The number of aliphatic hydroxyl groups excluding tert-OH is 1. The summed E-state index contributed by atoms with van der Waals surface area (Å²) in [5.41, 5.74) is 1.26. The standard InChI is InChI=1S/C39H50ClN7O8/c1-23-18-32-38(53)55-22-29(43-33(48)28(19-25-10-4-3-5-11-25)44-39(54)42-27-13-8-12-26(40)20-27)36(51)46-17-9-15-31(46)37(52)45-16-7-6-14-30(45)34(49)41-24(2)35(50)47(32)21-23/h3-5,8,10-13,20,23-24,28-32,39,42,44,54H,6-7,9,14-19,21-22H2,1-2H3,(H,41,49)(H,43,48)/t23-,24+,28+,29+,30+,31+,32+,39?/m1/s1. The molecular weight excluding hydrogens is 730 g/mol. The van der Waals surface area contributed by atoms with E-state index in [9.17, 15) is 33.9 Å². The van der Waals surface area contributed by atoms with Gasteiger partial charge in [-0.25, -0.2) is 4.79 Å².